The maximum Gasteiger partial charge on any atom is 0.303 e. The summed E-state index contributed by atoms with van der Waals surface area (Å²) < 4.78 is 34.9. The molecule has 2 heterocycles. The topological polar surface area (TPSA) is 127 Å². The first-order chi connectivity index (χ1) is 21.7. The van der Waals surface area contributed by atoms with Gasteiger partial charge in [-0.1, -0.05) is 60.7 Å². The molecule has 0 saturated carbocycles. The lowest BCUT2D eigenvalue weighted by atomic mass is 9.77. The molecular formula is C34H31NO10. The third kappa shape index (κ3) is 5.93. The summed E-state index contributed by atoms with van der Waals surface area (Å²) in [5, 5.41) is 0. The van der Waals surface area contributed by atoms with Crippen LogP contribution in [0.25, 0.3) is 5.57 Å². The molecular weight excluding hydrogens is 582 g/mol. The Morgan fingerprint density at radius 1 is 0.822 bits per heavy atom. The van der Waals surface area contributed by atoms with Crippen LogP contribution in [-0.4, -0.2) is 59.9 Å². The van der Waals surface area contributed by atoms with Gasteiger partial charge in [-0.05, 0) is 28.8 Å². The summed E-state index contributed by atoms with van der Waals surface area (Å²) >= 11 is 0. The van der Waals surface area contributed by atoms with E-state index in [2.05, 4.69) is 0 Å². The maximum atomic E-state index is 14.7. The predicted octanol–water partition coefficient (Wildman–Crippen LogP) is 4.21. The number of amides is 1. The Hall–Kier alpha value is -5.32. The van der Waals surface area contributed by atoms with Crippen LogP contribution in [-0.2, 0) is 41.7 Å². The molecule has 11 heteroatoms. The molecule has 0 N–H and O–H groups in total. The molecule has 0 bridgehead atoms. The van der Waals surface area contributed by atoms with E-state index in [-0.39, 0.29) is 31.3 Å². The number of rotatable bonds is 8. The number of carbonyl (C=O) groups is 4. The van der Waals surface area contributed by atoms with Crippen molar-refractivity contribution in [2.75, 3.05) is 6.79 Å². The first-order valence-corrected chi connectivity index (χ1v) is 14.4. The number of nitrogens with zero attached hydrogens (tertiary/aromatic N) is 1. The van der Waals surface area contributed by atoms with Crippen molar-refractivity contribution in [3.05, 3.63) is 95.1 Å². The molecule has 3 aromatic carbocycles. The van der Waals surface area contributed by atoms with Gasteiger partial charge in [0.1, 0.15) is 6.61 Å². The molecule has 0 radical (unpaired) electrons. The first kappa shape index (κ1) is 29.7. The molecule has 0 fully saturated rings. The van der Waals surface area contributed by atoms with Crippen molar-refractivity contribution in [3.63, 3.8) is 0 Å². The Bertz CT molecular complexity index is 1670. The van der Waals surface area contributed by atoms with Gasteiger partial charge in [0.2, 0.25) is 12.5 Å². The number of fused-ring (bicyclic) bond motifs is 4. The minimum absolute atomic E-state index is 0.0784. The van der Waals surface area contributed by atoms with Crippen molar-refractivity contribution in [1.29, 1.82) is 0 Å². The number of carbonyl (C=O) groups excluding carboxylic acids is 4. The Morgan fingerprint density at radius 2 is 1.44 bits per heavy atom. The molecule has 45 heavy (non-hydrogen) atoms. The molecule has 3 aromatic rings. The van der Waals surface area contributed by atoms with Crippen molar-refractivity contribution >= 4 is 29.4 Å². The SMILES string of the molecule is CC(=O)O[C@@H]1[C@H](OC(C)=O)[C@@H](OC(C)=O)C=C2c3cc4c(c(OCc5ccccc5)c3C(=O)N(Cc3ccccc3)[C@H]21)OCO4. The van der Waals surface area contributed by atoms with E-state index in [4.69, 9.17) is 28.4 Å². The van der Waals surface area contributed by atoms with Crippen LogP contribution in [0.3, 0.4) is 0 Å². The molecule has 0 spiro atoms. The van der Waals surface area contributed by atoms with Crippen LogP contribution < -0.4 is 14.2 Å². The fourth-order valence-electron chi connectivity index (χ4n) is 5.99. The highest BCUT2D eigenvalue weighted by atomic mass is 16.7. The lowest BCUT2D eigenvalue weighted by Gasteiger charge is -2.47. The van der Waals surface area contributed by atoms with Crippen molar-refractivity contribution < 1.29 is 47.6 Å². The predicted molar refractivity (Wildman–Crippen MR) is 158 cm³/mol. The van der Waals surface area contributed by atoms with Gasteiger partial charge in [0.05, 0.1) is 11.6 Å². The van der Waals surface area contributed by atoms with Gasteiger partial charge in [0, 0.05) is 32.9 Å². The van der Waals surface area contributed by atoms with Crippen LogP contribution in [0.15, 0.2) is 72.8 Å². The number of ether oxygens (including phenoxy) is 6. The maximum absolute atomic E-state index is 14.7. The third-order valence-electron chi connectivity index (χ3n) is 7.69. The Kier molecular flexibility index (Phi) is 8.16. The van der Waals surface area contributed by atoms with Gasteiger partial charge in [0.15, 0.2) is 29.8 Å². The van der Waals surface area contributed by atoms with E-state index < -0.39 is 48.2 Å². The van der Waals surface area contributed by atoms with Gasteiger partial charge in [-0.25, -0.2) is 0 Å². The molecule has 2 aliphatic heterocycles. The zero-order chi connectivity index (χ0) is 31.7. The van der Waals surface area contributed by atoms with Crippen LogP contribution in [0.4, 0.5) is 0 Å². The molecule has 3 aliphatic rings. The fraction of sp³-hybridized carbons (Fsp3) is 0.294. The number of hydrogen-bond acceptors (Lipinski definition) is 10. The van der Waals surface area contributed by atoms with Crippen molar-refractivity contribution in [1.82, 2.24) is 4.90 Å². The van der Waals surface area contributed by atoms with Gasteiger partial charge in [-0.15, -0.1) is 0 Å². The van der Waals surface area contributed by atoms with E-state index in [0.29, 0.717) is 22.6 Å². The Morgan fingerprint density at radius 3 is 2.09 bits per heavy atom. The molecule has 0 aromatic heterocycles. The average Bonchev–Trinajstić information content (AvgIpc) is 3.48. The monoisotopic (exact) mass is 613 g/mol. The second-order valence-corrected chi connectivity index (χ2v) is 10.8. The van der Waals surface area contributed by atoms with Gasteiger partial charge in [0.25, 0.3) is 5.91 Å². The summed E-state index contributed by atoms with van der Waals surface area (Å²) in [5.41, 5.74) is 2.81. The minimum Gasteiger partial charge on any atom is -0.484 e. The molecule has 6 rings (SSSR count). The zero-order valence-corrected chi connectivity index (χ0v) is 24.9. The van der Waals surface area contributed by atoms with E-state index in [1.54, 1.807) is 17.0 Å². The largest absolute Gasteiger partial charge is 0.484 e. The smallest absolute Gasteiger partial charge is 0.303 e. The standard InChI is InChI=1S/C34H31NO10/c1-19(36)43-27-15-25-24-14-26-30(42-18-41-26)32(40-17-23-12-8-5-9-13-23)28(24)34(39)35(16-22-10-6-4-7-11-22)29(25)33(45-21(3)38)31(27)44-20(2)37/h4-15,27,29,31,33H,16-18H2,1-3H3/t27-,29+,31+,33-/m0/s1. The molecule has 232 valence electrons. The minimum atomic E-state index is -1.24. The lowest BCUT2D eigenvalue weighted by Crippen LogP contribution is -2.61. The highest BCUT2D eigenvalue weighted by Crippen LogP contribution is 2.52. The summed E-state index contributed by atoms with van der Waals surface area (Å²) in [6.07, 6.45) is -1.97. The number of esters is 3. The van der Waals surface area contributed by atoms with E-state index in [1.807, 2.05) is 60.7 Å². The van der Waals surface area contributed by atoms with Gasteiger partial charge >= 0.3 is 17.9 Å². The second kappa shape index (κ2) is 12.4. The Labute approximate surface area is 259 Å². The van der Waals surface area contributed by atoms with E-state index in [9.17, 15) is 19.2 Å². The number of benzene rings is 3. The quantitative estimate of drug-likeness (QED) is 0.269. The van der Waals surface area contributed by atoms with Crippen LogP contribution in [0.2, 0.25) is 0 Å². The van der Waals surface area contributed by atoms with Crippen molar-refractivity contribution in [2.24, 2.45) is 0 Å². The zero-order valence-electron chi connectivity index (χ0n) is 24.9. The molecule has 11 nitrogen and oxygen atoms in total. The molecule has 0 saturated heterocycles. The fourth-order valence-corrected chi connectivity index (χ4v) is 5.99. The van der Waals surface area contributed by atoms with Crippen LogP contribution in [0.1, 0.15) is 47.8 Å². The van der Waals surface area contributed by atoms with Crippen molar-refractivity contribution in [2.45, 2.75) is 58.3 Å². The van der Waals surface area contributed by atoms with Gasteiger partial charge in [-0.2, -0.15) is 0 Å². The van der Waals surface area contributed by atoms with Gasteiger partial charge < -0.3 is 33.3 Å². The summed E-state index contributed by atoms with van der Waals surface area (Å²) in [5.74, 6) is -1.57. The van der Waals surface area contributed by atoms with E-state index >= 15 is 0 Å². The highest BCUT2D eigenvalue weighted by molar-refractivity contribution is 6.08. The summed E-state index contributed by atoms with van der Waals surface area (Å²) in [6.45, 7) is 3.82. The van der Waals surface area contributed by atoms with E-state index in [0.717, 1.165) is 11.1 Å². The summed E-state index contributed by atoms with van der Waals surface area (Å²) in [7, 11) is 0. The van der Waals surface area contributed by atoms with Crippen molar-refractivity contribution in [3.8, 4) is 17.2 Å². The summed E-state index contributed by atoms with van der Waals surface area (Å²) in [4.78, 5) is 53.3. The first-order valence-electron chi connectivity index (χ1n) is 14.4. The van der Waals surface area contributed by atoms with Crippen LogP contribution >= 0.6 is 0 Å². The third-order valence-corrected chi connectivity index (χ3v) is 7.69. The van der Waals surface area contributed by atoms with Crippen LogP contribution in [0, 0.1) is 0 Å². The molecule has 1 amide bonds. The lowest BCUT2D eigenvalue weighted by molar-refractivity contribution is -0.183. The van der Waals surface area contributed by atoms with E-state index in [1.165, 1.54) is 20.8 Å². The highest BCUT2D eigenvalue weighted by Gasteiger charge is 2.53. The molecule has 1 aliphatic carbocycles. The summed E-state index contributed by atoms with van der Waals surface area (Å²) in [6, 6.07) is 19.5. The molecule has 0 unspecified atom stereocenters. The average molecular weight is 614 g/mol. The second-order valence-electron chi connectivity index (χ2n) is 10.8. The number of hydrogen-bond donors (Lipinski definition) is 0. The van der Waals surface area contributed by atoms with Crippen LogP contribution in [0.5, 0.6) is 17.2 Å². The Balaban J connectivity index is 1.57. The molecule has 4 atom stereocenters. The van der Waals surface area contributed by atoms with Gasteiger partial charge in [-0.3, -0.25) is 19.2 Å². The normalized spacial score (nSPS) is 21.2.